The summed E-state index contributed by atoms with van der Waals surface area (Å²) in [6, 6.07) is 4.29. The summed E-state index contributed by atoms with van der Waals surface area (Å²) in [5, 5.41) is 23.9. The van der Waals surface area contributed by atoms with Crippen LogP contribution in [0.5, 0.6) is 5.75 Å². The third kappa shape index (κ3) is 12.1. The smallest absolute Gasteiger partial charge is 0.135 e. The molecular formula is C42H62O2S2. The van der Waals surface area contributed by atoms with E-state index in [4.69, 9.17) is 0 Å². The molecule has 0 aromatic heterocycles. The summed E-state index contributed by atoms with van der Waals surface area (Å²) < 4.78 is 0. The van der Waals surface area contributed by atoms with Crippen LogP contribution in [0.4, 0.5) is 0 Å². The van der Waals surface area contributed by atoms with Crippen molar-refractivity contribution in [3.63, 3.8) is 0 Å². The topological polar surface area (TPSA) is 40.5 Å². The Morgan fingerprint density at radius 2 is 1.30 bits per heavy atom. The number of aliphatic hydroxyl groups is 1. The fourth-order valence-corrected chi connectivity index (χ4v) is 8.76. The van der Waals surface area contributed by atoms with Crippen LogP contribution in [0.15, 0.2) is 35.4 Å². The lowest BCUT2D eigenvalue weighted by Crippen LogP contribution is -2.29. The van der Waals surface area contributed by atoms with E-state index in [1.165, 1.54) is 49.7 Å². The first-order valence-corrected chi connectivity index (χ1v) is 19.5. The first kappa shape index (κ1) is 38.7. The van der Waals surface area contributed by atoms with Gasteiger partial charge in [-0.05, 0) is 88.0 Å². The fourth-order valence-electron chi connectivity index (χ4n) is 5.65. The zero-order chi connectivity index (χ0) is 34.5. The van der Waals surface area contributed by atoms with Gasteiger partial charge in [-0.2, -0.15) is 23.5 Å². The molecule has 1 saturated carbocycles. The van der Waals surface area contributed by atoms with Crippen molar-refractivity contribution in [2.45, 2.75) is 149 Å². The summed E-state index contributed by atoms with van der Waals surface area (Å²) in [5.74, 6) is 15.2. The minimum atomic E-state index is -0.571. The molecule has 0 amide bonds. The molecule has 1 fully saturated rings. The second kappa shape index (κ2) is 15.7. The van der Waals surface area contributed by atoms with Gasteiger partial charge in [0.2, 0.25) is 0 Å². The summed E-state index contributed by atoms with van der Waals surface area (Å²) in [6.07, 6.45) is 11.4. The maximum atomic E-state index is 11.5. The number of aromatic hydroxyl groups is 1. The average molecular weight is 663 g/mol. The number of hydrogen-bond donors (Lipinski definition) is 2. The van der Waals surface area contributed by atoms with Crippen molar-refractivity contribution in [2.24, 2.45) is 22.2 Å². The molecule has 2 N–H and O–H groups in total. The van der Waals surface area contributed by atoms with Gasteiger partial charge in [0.15, 0.2) is 0 Å². The van der Waals surface area contributed by atoms with Crippen LogP contribution < -0.4 is 0 Å². The molecule has 2 aliphatic rings. The zero-order valence-corrected chi connectivity index (χ0v) is 32.6. The molecule has 46 heavy (non-hydrogen) atoms. The normalized spacial score (nSPS) is 23.2. The number of phenolic OH excluding ortho intramolecular Hbond substituents is 1. The Hall–Kier alpha value is -1.72. The number of phenols is 1. The van der Waals surface area contributed by atoms with Crippen molar-refractivity contribution in [1.82, 2.24) is 0 Å². The van der Waals surface area contributed by atoms with Gasteiger partial charge in [0, 0.05) is 38.4 Å². The minimum Gasteiger partial charge on any atom is -0.506 e. The molecule has 0 aliphatic heterocycles. The summed E-state index contributed by atoms with van der Waals surface area (Å²) in [4.78, 5) is 0. The van der Waals surface area contributed by atoms with Crippen LogP contribution in [-0.2, 0) is 11.2 Å². The van der Waals surface area contributed by atoms with Crippen molar-refractivity contribution in [1.29, 1.82) is 0 Å². The van der Waals surface area contributed by atoms with Crippen LogP contribution in [0.3, 0.4) is 0 Å². The first-order valence-electron chi connectivity index (χ1n) is 17.4. The molecule has 3 rings (SSSR count). The number of thioether (sulfide) groups is 2. The maximum Gasteiger partial charge on any atom is 0.135 e. The third-order valence-corrected chi connectivity index (χ3v) is 11.7. The highest BCUT2D eigenvalue weighted by atomic mass is 32.2. The van der Waals surface area contributed by atoms with Gasteiger partial charge in [0.25, 0.3) is 0 Å². The van der Waals surface area contributed by atoms with Gasteiger partial charge in [-0.1, -0.05) is 109 Å². The molecule has 1 aromatic rings. The summed E-state index contributed by atoms with van der Waals surface area (Å²) in [6.45, 7) is 26.1. The lowest BCUT2D eigenvalue weighted by molar-refractivity contribution is 0.185. The predicted molar refractivity (Wildman–Crippen MR) is 205 cm³/mol. The van der Waals surface area contributed by atoms with E-state index in [1.807, 2.05) is 23.5 Å². The molecule has 4 heteroatoms. The Labute approximate surface area is 291 Å². The van der Waals surface area contributed by atoms with E-state index in [2.05, 4.69) is 131 Å². The van der Waals surface area contributed by atoms with Crippen molar-refractivity contribution in [2.75, 3.05) is 5.75 Å². The molecular weight excluding hydrogens is 601 g/mol. The second-order valence-corrected chi connectivity index (χ2v) is 20.0. The number of hydrogen-bond acceptors (Lipinski definition) is 4. The van der Waals surface area contributed by atoms with Crippen molar-refractivity contribution in [3.8, 4) is 29.4 Å². The SMILES string of the molecule is CC(C)(C)C#Cc1cc(C(C)(C)C)cc(CSC2CCCCCCC2SCC2=CC(C(C)(C)C)=CC(C#CC(C)(C)C)C2O)c1O. The summed E-state index contributed by atoms with van der Waals surface area (Å²) >= 11 is 4.03. The average Bonchev–Trinajstić information content (AvgIpc) is 2.90. The van der Waals surface area contributed by atoms with Crippen molar-refractivity contribution >= 4 is 23.5 Å². The molecule has 1 aromatic carbocycles. The summed E-state index contributed by atoms with van der Waals surface area (Å²) in [7, 11) is 0. The number of rotatable bonds is 6. The Morgan fingerprint density at radius 1 is 0.739 bits per heavy atom. The number of allylic oxidation sites excluding steroid dienone is 2. The number of aliphatic hydroxyl groups excluding tert-OH is 1. The highest BCUT2D eigenvalue weighted by Gasteiger charge is 2.31. The van der Waals surface area contributed by atoms with E-state index in [-0.39, 0.29) is 27.6 Å². The lowest BCUT2D eigenvalue weighted by atomic mass is 9.77. The fraction of sp³-hybridized carbons (Fsp3) is 0.667. The minimum absolute atomic E-state index is 0.00392. The quantitative estimate of drug-likeness (QED) is 0.297. The molecule has 0 bridgehead atoms. The molecule has 4 unspecified atom stereocenters. The van der Waals surface area contributed by atoms with Crippen LogP contribution in [0, 0.1) is 45.8 Å². The van der Waals surface area contributed by atoms with Crippen LogP contribution in [0.1, 0.15) is 138 Å². The maximum absolute atomic E-state index is 11.5. The van der Waals surface area contributed by atoms with Gasteiger partial charge in [-0.3, -0.25) is 0 Å². The first-order chi connectivity index (χ1) is 21.1. The van der Waals surface area contributed by atoms with Crippen molar-refractivity contribution < 1.29 is 10.2 Å². The molecule has 0 saturated heterocycles. The number of benzene rings is 1. The molecule has 4 atom stereocenters. The van der Waals surface area contributed by atoms with E-state index in [9.17, 15) is 10.2 Å². The highest BCUT2D eigenvalue weighted by Crippen LogP contribution is 2.41. The van der Waals surface area contributed by atoms with Crippen LogP contribution in [0.2, 0.25) is 0 Å². The van der Waals surface area contributed by atoms with E-state index in [0.717, 1.165) is 28.2 Å². The van der Waals surface area contributed by atoms with Gasteiger partial charge in [-0.15, -0.1) is 0 Å². The zero-order valence-electron chi connectivity index (χ0n) is 31.0. The lowest BCUT2D eigenvalue weighted by Gasteiger charge is -2.33. The molecule has 2 aliphatic carbocycles. The molecule has 2 nitrogen and oxygen atoms in total. The molecule has 254 valence electrons. The second-order valence-electron chi connectivity index (χ2n) is 17.6. The Kier molecular flexibility index (Phi) is 13.2. The van der Waals surface area contributed by atoms with E-state index in [0.29, 0.717) is 16.2 Å². The van der Waals surface area contributed by atoms with Gasteiger partial charge < -0.3 is 10.2 Å². The van der Waals surface area contributed by atoms with Crippen LogP contribution >= 0.6 is 23.5 Å². The standard InChI is InChI=1S/C42H62O2S2/c1-39(2,3)21-19-29-23-33(41(7,8)9)25-31(37(29)43)27-45-35-17-15-13-14-16-18-36(35)46-28-32-26-34(42(10,11)12)24-30(38(32)44)20-22-40(4,5)6/h23-26,29,35-37,43-44H,13-18,27-28H2,1-12H3. The Morgan fingerprint density at radius 3 is 1.83 bits per heavy atom. The van der Waals surface area contributed by atoms with E-state index < -0.39 is 6.10 Å². The largest absolute Gasteiger partial charge is 0.506 e. The monoisotopic (exact) mass is 662 g/mol. The third-order valence-electron chi connectivity index (χ3n) is 8.59. The van der Waals surface area contributed by atoms with Crippen LogP contribution in [-0.4, -0.2) is 32.6 Å². The van der Waals surface area contributed by atoms with Gasteiger partial charge in [0.05, 0.1) is 17.6 Å². The van der Waals surface area contributed by atoms with Gasteiger partial charge >= 0.3 is 0 Å². The molecule has 0 radical (unpaired) electrons. The van der Waals surface area contributed by atoms with Gasteiger partial charge in [0.1, 0.15) is 5.75 Å². The predicted octanol–water partition coefficient (Wildman–Crippen LogP) is 11.1. The molecule has 0 heterocycles. The Balaban J connectivity index is 1.86. The highest BCUT2D eigenvalue weighted by molar-refractivity contribution is 8.03. The van der Waals surface area contributed by atoms with Gasteiger partial charge in [-0.25, -0.2) is 0 Å². The summed E-state index contributed by atoms with van der Waals surface area (Å²) in [5.41, 5.74) is 5.05. The van der Waals surface area contributed by atoms with E-state index >= 15 is 0 Å². The Bertz CT molecular complexity index is 1380. The van der Waals surface area contributed by atoms with Crippen LogP contribution in [0.25, 0.3) is 0 Å². The van der Waals surface area contributed by atoms with E-state index in [1.54, 1.807) is 0 Å². The van der Waals surface area contributed by atoms with Crippen molar-refractivity contribution in [3.05, 3.63) is 52.1 Å². The molecule has 0 spiro atoms.